The summed E-state index contributed by atoms with van der Waals surface area (Å²) in [7, 11) is 1.68. The highest BCUT2D eigenvalue weighted by molar-refractivity contribution is 5.92. The third-order valence-electron chi connectivity index (χ3n) is 3.00. The first kappa shape index (κ1) is 16.8. The monoisotopic (exact) mass is 328 g/mol. The third kappa shape index (κ3) is 4.02. The van der Waals surface area contributed by atoms with Gasteiger partial charge in [0.15, 0.2) is 0 Å². The van der Waals surface area contributed by atoms with Gasteiger partial charge in [-0.3, -0.25) is 9.48 Å². The molecule has 0 aliphatic carbocycles. The molecule has 2 rings (SSSR count). The first-order valence-corrected chi connectivity index (χ1v) is 6.78. The van der Waals surface area contributed by atoms with Gasteiger partial charge in [-0.15, -0.1) is 5.10 Å². The van der Waals surface area contributed by atoms with Crippen molar-refractivity contribution in [3.8, 4) is 0 Å². The highest BCUT2D eigenvalue weighted by Crippen LogP contribution is 2.26. The van der Waals surface area contributed by atoms with E-state index in [0.717, 1.165) is 0 Å². The van der Waals surface area contributed by atoms with Crippen molar-refractivity contribution in [1.82, 2.24) is 29.9 Å². The van der Waals surface area contributed by atoms with Crippen molar-refractivity contribution in [2.75, 3.05) is 6.54 Å². The van der Waals surface area contributed by atoms with Crippen molar-refractivity contribution in [3.63, 3.8) is 0 Å². The van der Waals surface area contributed by atoms with Gasteiger partial charge in [0.25, 0.3) is 5.91 Å². The molecule has 10 heteroatoms. The maximum absolute atomic E-state index is 12.8. The van der Waals surface area contributed by atoms with Crippen LogP contribution >= 0.6 is 0 Å². The highest BCUT2D eigenvalue weighted by atomic mass is 19.4. The second kappa shape index (κ2) is 6.31. The average Bonchev–Trinajstić information content (AvgIpc) is 2.87. The van der Waals surface area contributed by atoms with E-state index in [9.17, 15) is 18.0 Å². The number of hydrogen-bond acceptors (Lipinski definition) is 5. The number of carbonyl (C=O) groups excluding carboxylic acids is 1. The van der Waals surface area contributed by atoms with Crippen LogP contribution in [0.25, 0.3) is 0 Å². The number of carbonyl (C=O) groups is 1. The Hall–Kier alpha value is -2.52. The van der Waals surface area contributed by atoms with Crippen LogP contribution < -0.4 is 0 Å². The smallest absolute Gasteiger partial charge is 0.332 e. The second-order valence-electron chi connectivity index (χ2n) is 4.92. The maximum Gasteiger partial charge on any atom is 0.451 e. The van der Waals surface area contributed by atoms with Gasteiger partial charge < -0.3 is 4.90 Å². The Morgan fingerprint density at radius 3 is 2.57 bits per heavy atom. The van der Waals surface area contributed by atoms with E-state index < -0.39 is 17.9 Å². The number of aryl methyl sites for hydroxylation is 2. The molecule has 0 aliphatic heterocycles. The Morgan fingerprint density at radius 2 is 2.04 bits per heavy atom. The van der Waals surface area contributed by atoms with Gasteiger partial charge in [-0.1, -0.05) is 5.21 Å². The zero-order valence-electron chi connectivity index (χ0n) is 12.8. The minimum atomic E-state index is -4.71. The molecule has 0 aromatic carbocycles. The molecule has 0 aliphatic rings. The lowest BCUT2D eigenvalue weighted by Crippen LogP contribution is -2.32. The summed E-state index contributed by atoms with van der Waals surface area (Å²) in [5, 5.41) is 7.61. The third-order valence-corrected chi connectivity index (χ3v) is 3.00. The van der Waals surface area contributed by atoms with E-state index in [-0.39, 0.29) is 17.9 Å². The van der Waals surface area contributed by atoms with E-state index in [1.54, 1.807) is 20.2 Å². The molecule has 0 saturated heterocycles. The molecule has 0 saturated carbocycles. The van der Waals surface area contributed by atoms with Crippen LogP contribution in [0.15, 0.2) is 12.3 Å². The van der Waals surface area contributed by atoms with Crippen molar-refractivity contribution in [2.24, 2.45) is 7.05 Å². The van der Waals surface area contributed by atoms with Crippen LogP contribution in [0.4, 0.5) is 13.2 Å². The molecule has 0 atom stereocenters. The van der Waals surface area contributed by atoms with E-state index >= 15 is 0 Å². The standard InChI is InChI=1S/C13H15F3N6O/c1-4-22(7-9-6-21(3)20-19-9)11(23)10-5-8(2)17-12(18-10)13(14,15)16/h5-6H,4,7H2,1-3H3. The van der Waals surface area contributed by atoms with Crippen molar-refractivity contribution in [1.29, 1.82) is 0 Å². The van der Waals surface area contributed by atoms with Crippen molar-refractivity contribution in [2.45, 2.75) is 26.6 Å². The molecule has 0 N–H and O–H groups in total. The SMILES string of the molecule is CCN(Cc1cn(C)nn1)C(=O)c1cc(C)nc(C(F)(F)F)n1. The Labute approximate surface area is 130 Å². The van der Waals surface area contributed by atoms with Crippen molar-refractivity contribution < 1.29 is 18.0 Å². The topological polar surface area (TPSA) is 76.8 Å². The molecule has 2 aromatic heterocycles. The number of halogens is 3. The van der Waals surface area contributed by atoms with Gasteiger partial charge >= 0.3 is 6.18 Å². The van der Waals surface area contributed by atoms with Gasteiger partial charge in [0.05, 0.1) is 6.54 Å². The van der Waals surface area contributed by atoms with E-state index in [1.165, 1.54) is 22.6 Å². The summed E-state index contributed by atoms with van der Waals surface area (Å²) in [5.41, 5.74) is 0.311. The summed E-state index contributed by atoms with van der Waals surface area (Å²) in [6, 6.07) is 1.23. The molecule has 23 heavy (non-hydrogen) atoms. The Kier molecular flexibility index (Phi) is 4.62. The molecule has 2 aromatic rings. The fourth-order valence-electron chi connectivity index (χ4n) is 1.96. The number of alkyl halides is 3. The predicted molar refractivity (Wildman–Crippen MR) is 73.2 cm³/mol. The van der Waals surface area contributed by atoms with Gasteiger partial charge in [-0.05, 0) is 19.9 Å². The number of rotatable bonds is 4. The summed E-state index contributed by atoms with van der Waals surface area (Å²) in [6.45, 7) is 3.52. The van der Waals surface area contributed by atoms with Crippen LogP contribution in [-0.4, -0.2) is 42.3 Å². The Bertz CT molecular complexity index is 712. The molecule has 2 heterocycles. The molecule has 124 valence electrons. The minimum absolute atomic E-state index is 0.0752. The maximum atomic E-state index is 12.8. The van der Waals surface area contributed by atoms with Crippen LogP contribution in [0.2, 0.25) is 0 Å². The van der Waals surface area contributed by atoms with Gasteiger partial charge in [0.2, 0.25) is 5.82 Å². The van der Waals surface area contributed by atoms with Gasteiger partial charge in [0, 0.05) is 25.5 Å². The fourth-order valence-corrected chi connectivity index (χ4v) is 1.96. The van der Waals surface area contributed by atoms with E-state index in [2.05, 4.69) is 20.3 Å². The summed E-state index contributed by atoms with van der Waals surface area (Å²) >= 11 is 0. The number of amides is 1. The van der Waals surface area contributed by atoms with Gasteiger partial charge in [0.1, 0.15) is 11.4 Å². The molecule has 0 unspecified atom stereocenters. The largest absolute Gasteiger partial charge is 0.451 e. The van der Waals surface area contributed by atoms with Gasteiger partial charge in [-0.2, -0.15) is 13.2 Å². The number of aromatic nitrogens is 5. The zero-order valence-corrected chi connectivity index (χ0v) is 12.8. The van der Waals surface area contributed by atoms with Crippen LogP contribution in [0, 0.1) is 6.92 Å². The summed E-state index contributed by atoms with van der Waals surface area (Å²) in [5.74, 6) is -1.94. The summed E-state index contributed by atoms with van der Waals surface area (Å²) < 4.78 is 39.8. The number of hydrogen-bond donors (Lipinski definition) is 0. The van der Waals surface area contributed by atoms with Crippen LogP contribution in [-0.2, 0) is 19.8 Å². The molecule has 1 amide bonds. The average molecular weight is 328 g/mol. The van der Waals surface area contributed by atoms with E-state index in [1.807, 2.05) is 0 Å². The first-order valence-electron chi connectivity index (χ1n) is 6.78. The second-order valence-corrected chi connectivity index (χ2v) is 4.92. The normalized spacial score (nSPS) is 11.6. The molecule has 7 nitrogen and oxygen atoms in total. The van der Waals surface area contributed by atoms with Gasteiger partial charge in [-0.25, -0.2) is 9.97 Å². The minimum Gasteiger partial charge on any atom is -0.332 e. The predicted octanol–water partition coefficient (Wildman–Crippen LogP) is 1.59. The Balaban J connectivity index is 2.28. The summed E-state index contributed by atoms with van der Waals surface area (Å²) in [6.07, 6.45) is -3.08. The highest BCUT2D eigenvalue weighted by Gasteiger charge is 2.36. The van der Waals surface area contributed by atoms with Crippen molar-refractivity contribution >= 4 is 5.91 Å². The Morgan fingerprint density at radius 1 is 1.35 bits per heavy atom. The molecular weight excluding hydrogens is 313 g/mol. The molecular formula is C13H15F3N6O. The lowest BCUT2D eigenvalue weighted by Gasteiger charge is -2.19. The van der Waals surface area contributed by atoms with Crippen molar-refractivity contribution in [3.05, 3.63) is 35.2 Å². The lowest BCUT2D eigenvalue weighted by atomic mass is 10.2. The fraction of sp³-hybridized carbons (Fsp3) is 0.462. The van der Waals surface area contributed by atoms with E-state index in [4.69, 9.17) is 0 Å². The number of nitrogens with zero attached hydrogens (tertiary/aromatic N) is 6. The van der Waals surface area contributed by atoms with Crippen LogP contribution in [0.3, 0.4) is 0 Å². The van der Waals surface area contributed by atoms with Crippen LogP contribution in [0.5, 0.6) is 0 Å². The zero-order chi connectivity index (χ0) is 17.2. The molecule has 0 fully saturated rings. The molecule has 0 bridgehead atoms. The van der Waals surface area contributed by atoms with Crippen LogP contribution in [0.1, 0.15) is 34.6 Å². The quantitative estimate of drug-likeness (QED) is 0.852. The molecule has 0 spiro atoms. The lowest BCUT2D eigenvalue weighted by molar-refractivity contribution is -0.145. The van der Waals surface area contributed by atoms with E-state index in [0.29, 0.717) is 12.2 Å². The molecule has 0 radical (unpaired) electrons. The summed E-state index contributed by atoms with van der Waals surface area (Å²) in [4.78, 5) is 20.5. The first-order chi connectivity index (χ1) is 10.7.